The van der Waals surface area contributed by atoms with E-state index in [9.17, 15) is 14.4 Å². The molecule has 3 nitrogen and oxygen atoms in total. The van der Waals surface area contributed by atoms with Crippen molar-refractivity contribution >= 4 is 17.3 Å². The standard InChI is InChI=1S/C23H26O3/c1-3-4-6-21(24)19-13-15-20(16-14-19)23(26)8-5-7-22(25)18-11-9-17(2)10-12-18/h9-16H,3-8H2,1-2H3. The van der Waals surface area contributed by atoms with Gasteiger partial charge in [0.05, 0.1) is 0 Å². The number of hydrogen-bond acceptors (Lipinski definition) is 3. The van der Waals surface area contributed by atoms with Gasteiger partial charge in [0.1, 0.15) is 0 Å². The monoisotopic (exact) mass is 350 g/mol. The van der Waals surface area contributed by atoms with Gasteiger partial charge in [0.2, 0.25) is 0 Å². The lowest BCUT2D eigenvalue weighted by atomic mass is 9.99. The zero-order chi connectivity index (χ0) is 18.9. The van der Waals surface area contributed by atoms with Crippen molar-refractivity contribution in [2.45, 2.75) is 52.4 Å². The van der Waals surface area contributed by atoms with Gasteiger partial charge in [-0.15, -0.1) is 0 Å². The highest BCUT2D eigenvalue weighted by molar-refractivity contribution is 6.00. The molecule has 0 heterocycles. The molecule has 2 aromatic carbocycles. The molecule has 0 unspecified atom stereocenters. The van der Waals surface area contributed by atoms with E-state index in [2.05, 4.69) is 6.92 Å². The number of carbonyl (C=O) groups excluding carboxylic acids is 3. The molecule has 2 aromatic rings. The zero-order valence-corrected chi connectivity index (χ0v) is 15.6. The van der Waals surface area contributed by atoms with Crippen molar-refractivity contribution in [3.8, 4) is 0 Å². The lowest BCUT2D eigenvalue weighted by Gasteiger charge is -2.04. The fourth-order valence-electron chi connectivity index (χ4n) is 2.76. The van der Waals surface area contributed by atoms with E-state index < -0.39 is 0 Å². The molecule has 0 radical (unpaired) electrons. The molecule has 2 rings (SSSR count). The van der Waals surface area contributed by atoms with Crippen molar-refractivity contribution in [1.29, 1.82) is 0 Å². The number of Topliss-reactive ketones (excluding diaryl/α,β-unsaturated/α-hetero) is 3. The van der Waals surface area contributed by atoms with Crippen molar-refractivity contribution in [3.05, 3.63) is 70.8 Å². The fraction of sp³-hybridized carbons (Fsp3) is 0.348. The molecule has 0 saturated carbocycles. The van der Waals surface area contributed by atoms with Gasteiger partial charge in [-0.3, -0.25) is 14.4 Å². The fourth-order valence-corrected chi connectivity index (χ4v) is 2.76. The molecule has 0 aliphatic rings. The van der Waals surface area contributed by atoms with Gasteiger partial charge in [-0.05, 0) is 19.8 Å². The highest BCUT2D eigenvalue weighted by atomic mass is 16.1. The molecule has 0 fully saturated rings. The molecule has 3 heteroatoms. The van der Waals surface area contributed by atoms with E-state index in [-0.39, 0.29) is 17.3 Å². The predicted molar refractivity (Wildman–Crippen MR) is 104 cm³/mol. The summed E-state index contributed by atoms with van der Waals surface area (Å²) < 4.78 is 0. The van der Waals surface area contributed by atoms with Crippen LogP contribution >= 0.6 is 0 Å². The Morgan fingerprint density at radius 2 is 0.962 bits per heavy atom. The Balaban J connectivity index is 1.83. The molecule has 0 amide bonds. The van der Waals surface area contributed by atoms with Gasteiger partial charge in [0.15, 0.2) is 17.3 Å². The molecule has 0 spiro atoms. The Hall–Kier alpha value is -2.55. The highest BCUT2D eigenvalue weighted by Crippen LogP contribution is 2.14. The van der Waals surface area contributed by atoms with Gasteiger partial charge >= 0.3 is 0 Å². The molecular weight excluding hydrogens is 324 g/mol. The average molecular weight is 350 g/mol. The Bertz CT molecular complexity index is 755. The topological polar surface area (TPSA) is 51.2 Å². The largest absolute Gasteiger partial charge is 0.294 e. The van der Waals surface area contributed by atoms with Gasteiger partial charge in [0.25, 0.3) is 0 Å². The Morgan fingerprint density at radius 1 is 0.615 bits per heavy atom. The quantitative estimate of drug-likeness (QED) is 0.524. The summed E-state index contributed by atoms with van der Waals surface area (Å²) in [5, 5.41) is 0. The van der Waals surface area contributed by atoms with Crippen LogP contribution in [-0.2, 0) is 0 Å². The van der Waals surface area contributed by atoms with Crippen LogP contribution < -0.4 is 0 Å². The number of rotatable bonds is 10. The van der Waals surface area contributed by atoms with Gasteiger partial charge in [-0.2, -0.15) is 0 Å². The number of aryl methyl sites for hydroxylation is 1. The molecule has 0 saturated heterocycles. The van der Waals surface area contributed by atoms with Gasteiger partial charge < -0.3 is 0 Å². The molecule has 0 bridgehead atoms. The van der Waals surface area contributed by atoms with E-state index in [1.165, 1.54) is 0 Å². The van der Waals surface area contributed by atoms with Crippen LogP contribution in [-0.4, -0.2) is 17.3 Å². The van der Waals surface area contributed by atoms with Crippen molar-refractivity contribution in [3.63, 3.8) is 0 Å². The third-order valence-corrected chi connectivity index (χ3v) is 4.47. The van der Waals surface area contributed by atoms with E-state index in [1.807, 2.05) is 31.2 Å². The summed E-state index contributed by atoms with van der Waals surface area (Å²) in [7, 11) is 0. The second-order valence-corrected chi connectivity index (χ2v) is 6.67. The van der Waals surface area contributed by atoms with E-state index in [1.54, 1.807) is 24.3 Å². The zero-order valence-electron chi connectivity index (χ0n) is 15.6. The van der Waals surface area contributed by atoms with Crippen LogP contribution in [0.3, 0.4) is 0 Å². The average Bonchev–Trinajstić information content (AvgIpc) is 2.66. The molecule has 0 aromatic heterocycles. The third-order valence-electron chi connectivity index (χ3n) is 4.47. The normalized spacial score (nSPS) is 10.5. The number of unbranched alkanes of at least 4 members (excludes halogenated alkanes) is 1. The summed E-state index contributed by atoms with van der Waals surface area (Å²) in [5.41, 5.74) is 3.07. The summed E-state index contributed by atoms with van der Waals surface area (Å²) in [6.45, 7) is 4.04. The minimum absolute atomic E-state index is 0.00858. The summed E-state index contributed by atoms with van der Waals surface area (Å²) in [4.78, 5) is 36.4. The molecule has 136 valence electrons. The van der Waals surface area contributed by atoms with Crippen molar-refractivity contribution in [2.24, 2.45) is 0 Å². The van der Waals surface area contributed by atoms with Crippen molar-refractivity contribution in [1.82, 2.24) is 0 Å². The maximum Gasteiger partial charge on any atom is 0.162 e. The first-order valence-corrected chi connectivity index (χ1v) is 9.27. The Kier molecular flexibility index (Phi) is 7.46. The first-order chi connectivity index (χ1) is 12.5. The van der Waals surface area contributed by atoms with E-state index in [4.69, 9.17) is 0 Å². The number of benzene rings is 2. The SMILES string of the molecule is CCCCC(=O)c1ccc(C(=O)CCCC(=O)c2ccc(C)cc2)cc1. The van der Waals surface area contributed by atoms with Crippen LogP contribution in [0.4, 0.5) is 0 Å². The van der Waals surface area contributed by atoms with Crippen LogP contribution in [0.2, 0.25) is 0 Å². The Morgan fingerprint density at radius 3 is 1.35 bits per heavy atom. The number of carbonyl (C=O) groups is 3. The van der Waals surface area contributed by atoms with Crippen LogP contribution in [0.25, 0.3) is 0 Å². The molecule has 26 heavy (non-hydrogen) atoms. The van der Waals surface area contributed by atoms with E-state index >= 15 is 0 Å². The lowest BCUT2D eigenvalue weighted by molar-refractivity contribution is 0.0950. The van der Waals surface area contributed by atoms with E-state index in [0.29, 0.717) is 42.4 Å². The maximum absolute atomic E-state index is 12.3. The molecular formula is C23H26O3. The van der Waals surface area contributed by atoms with Gasteiger partial charge in [-0.25, -0.2) is 0 Å². The van der Waals surface area contributed by atoms with Crippen LogP contribution in [0.15, 0.2) is 48.5 Å². The summed E-state index contributed by atoms with van der Waals surface area (Å²) in [5.74, 6) is 0.193. The molecule has 0 N–H and O–H groups in total. The van der Waals surface area contributed by atoms with Crippen molar-refractivity contribution < 1.29 is 14.4 Å². The summed E-state index contributed by atoms with van der Waals surface area (Å²) in [6.07, 6.45) is 3.65. The minimum Gasteiger partial charge on any atom is -0.294 e. The summed E-state index contributed by atoms with van der Waals surface area (Å²) >= 11 is 0. The van der Waals surface area contributed by atoms with Crippen LogP contribution in [0.1, 0.15) is 82.1 Å². The van der Waals surface area contributed by atoms with Crippen LogP contribution in [0, 0.1) is 6.92 Å². The maximum atomic E-state index is 12.3. The number of ketones is 3. The second-order valence-electron chi connectivity index (χ2n) is 6.67. The van der Waals surface area contributed by atoms with Crippen molar-refractivity contribution in [2.75, 3.05) is 0 Å². The van der Waals surface area contributed by atoms with E-state index in [0.717, 1.165) is 18.4 Å². The molecule has 0 atom stereocenters. The molecule has 0 aliphatic heterocycles. The second kappa shape index (κ2) is 9.81. The first-order valence-electron chi connectivity index (χ1n) is 9.27. The lowest BCUT2D eigenvalue weighted by Crippen LogP contribution is -2.04. The highest BCUT2D eigenvalue weighted by Gasteiger charge is 2.11. The smallest absolute Gasteiger partial charge is 0.162 e. The molecule has 0 aliphatic carbocycles. The first kappa shape index (κ1) is 19.8. The third kappa shape index (κ3) is 5.76. The minimum atomic E-state index is 0.00858. The number of hydrogen-bond donors (Lipinski definition) is 0. The summed E-state index contributed by atoms with van der Waals surface area (Å²) in [6, 6.07) is 14.4. The Labute approximate surface area is 155 Å². The van der Waals surface area contributed by atoms with Crippen LogP contribution in [0.5, 0.6) is 0 Å². The van der Waals surface area contributed by atoms with Gasteiger partial charge in [-0.1, -0.05) is 67.4 Å². The predicted octanol–water partition coefficient (Wildman–Crippen LogP) is 5.60. The van der Waals surface area contributed by atoms with Gasteiger partial charge in [0, 0.05) is 36.0 Å².